The molecule has 0 saturated carbocycles. The number of halogens is 1. The van der Waals surface area contributed by atoms with Crippen LogP contribution < -0.4 is 5.32 Å². The number of hydrogen-bond acceptors (Lipinski definition) is 3. The van der Waals surface area contributed by atoms with E-state index in [1.807, 2.05) is 0 Å². The van der Waals surface area contributed by atoms with Gasteiger partial charge in [0.2, 0.25) is 0 Å². The van der Waals surface area contributed by atoms with Crippen molar-refractivity contribution in [3.05, 3.63) is 23.8 Å². The van der Waals surface area contributed by atoms with Gasteiger partial charge in [0, 0.05) is 12.4 Å². The summed E-state index contributed by atoms with van der Waals surface area (Å²) < 4.78 is 0. The van der Waals surface area contributed by atoms with E-state index in [0.29, 0.717) is 18.3 Å². The Morgan fingerprint density at radius 3 is 2.47 bits per heavy atom. The summed E-state index contributed by atoms with van der Waals surface area (Å²) >= 11 is 5.72. The number of carbonyl (C=O) groups excluding carboxylic acids is 1. The highest BCUT2D eigenvalue weighted by Gasteiger charge is 2.17. The number of nitrogens with one attached hydrogen (secondary N) is 1. The number of carbonyl (C=O) groups is 1. The number of phenolic OH excluding ortho intramolecular Hbond substituents is 2. The molecule has 1 amide bonds. The largest absolute Gasteiger partial charge is 0.507 e. The van der Waals surface area contributed by atoms with E-state index in [0.717, 1.165) is 19.3 Å². The van der Waals surface area contributed by atoms with E-state index in [9.17, 15) is 15.0 Å². The van der Waals surface area contributed by atoms with Crippen molar-refractivity contribution < 1.29 is 15.0 Å². The van der Waals surface area contributed by atoms with Crippen molar-refractivity contribution in [3.63, 3.8) is 0 Å². The molecule has 4 nitrogen and oxygen atoms in total. The van der Waals surface area contributed by atoms with Crippen LogP contribution >= 0.6 is 11.6 Å². The van der Waals surface area contributed by atoms with Crippen LogP contribution in [0.25, 0.3) is 0 Å². The number of hydrogen-bond donors (Lipinski definition) is 3. The summed E-state index contributed by atoms with van der Waals surface area (Å²) in [7, 11) is 0. The lowest BCUT2D eigenvalue weighted by Gasteiger charge is -2.16. The SMILES string of the molecule is CCCC(CCCl)CNC(=O)c1c(O)cccc1O. The molecule has 0 aromatic heterocycles. The molecule has 106 valence electrons. The lowest BCUT2D eigenvalue weighted by atomic mass is 10.0. The Kier molecular flexibility index (Phi) is 6.50. The first-order chi connectivity index (χ1) is 9.10. The minimum Gasteiger partial charge on any atom is -0.507 e. The minimum atomic E-state index is -0.466. The maximum Gasteiger partial charge on any atom is 0.258 e. The molecule has 0 aliphatic carbocycles. The molecule has 0 radical (unpaired) electrons. The molecule has 3 N–H and O–H groups in total. The number of rotatable bonds is 7. The molecule has 0 bridgehead atoms. The average Bonchev–Trinajstić information content (AvgIpc) is 2.36. The molecule has 1 unspecified atom stereocenters. The number of phenols is 2. The van der Waals surface area contributed by atoms with Crippen molar-refractivity contribution in [3.8, 4) is 11.5 Å². The first-order valence-corrected chi connectivity index (χ1v) is 6.98. The third-order valence-electron chi connectivity index (χ3n) is 3.01. The van der Waals surface area contributed by atoms with Gasteiger partial charge in [-0.25, -0.2) is 0 Å². The van der Waals surface area contributed by atoms with Gasteiger partial charge in [-0.3, -0.25) is 4.79 Å². The molecule has 0 fully saturated rings. The summed E-state index contributed by atoms with van der Waals surface area (Å²) in [6.45, 7) is 2.57. The third kappa shape index (κ3) is 4.63. The molecular weight excluding hydrogens is 266 g/mol. The fourth-order valence-corrected chi connectivity index (χ4v) is 2.31. The van der Waals surface area contributed by atoms with E-state index < -0.39 is 5.91 Å². The van der Waals surface area contributed by atoms with Crippen molar-refractivity contribution in [2.24, 2.45) is 5.92 Å². The van der Waals surface area contributed by atoms with Gasteiger partial charge in [0.05, 0.1) is 0 Å². The van der Waals surface area contributed by atoms with Crippen molar-refractivity contribution in [2.45, 2.75) is 26.2 Å². The summed E-state index contributed by atoms with van der Waals surface area (Å²) in [5.74, 6) is -0.0305. The van der Waals surface area contributed by atoms with Crippen LogP contribution in [0.4, 0.5) is 0 Å². The van der Waals surface area contributed by atoms with Crippen LogP contribution in [0.2, 0.25) is 0 Å². The fourth-order valence-electron chi connectivity index (χ4n) is 2.00. The maximum atomic E-state index is 11.9. The van der Waals surface area contributed by atoms with Crippen LogP contribution in [0.3, 0.4) is 0 Å². The summed E-state index contributed by atoms with van der Waals surface area (Å²) in [6, 6.07) is 4.22. The van der Waals surface area contributed by atoms with E-state index in [-0.39, 0.29) is 17.1 Å². The number of aromatic hydroxyl groups is 2. The molecule has 1 aromatic rings. The van der Waals surface area contributed by atoms with Crippen molar-refractivity contribution in [1.82, 2.24) is 5.32 Å². The molecule has 1 atom stereocenters. The van der Waals surface area contributed by atoms with Crippen LogP contribution in [-0.4, -0.2) is 28.5 Å². The first-order valence-electron chi connectivity index (χ1n) is 6.45. The normalized spacial score (nSPS) is 12.1. The molecule has 0 aliphatic heterocycles. The topological polar surface area (TPSA) is 69.6 Å². The Hall–Kier alpha value is -1.42. The quantitative estimate of drug-likeness (QED) is 0.675. The van der Waals surface area contributed by atoms with E-state index in [4.69, 9.17) is 11.6 Å². The smallest absolute Gasteiger partial charge is 0.258 e. The fraction of sp³-hybridized carbons (Fsp3) is 0.500. The second kappa shape index (κ2) is 7.89. The maximum absolute atomic E-state index is 11.9. The van der Waals surface area contributed by atoms with Crippen LogP contribution in [0.5, 0.6) is 11.5 Å². The Bertz CT molecular complexity index is 397. The highest BCUT2D eigenvalue weighted by Crippen LogP contribution is 2.26. The minimum absolute atomic E-state index is 0.0800. The van der Waals surface area contributed by atoms with Crippen LogP contribution in [0.1, 0.15) is 36.5 Å². The van der Waals surface area contributed by atoms with Gasteiger partial charge in [-0.15, -0.1) is 11.6 Å². The van der Waals surface area contributed by atoms with Gasteiger partial charge in [-0.1, -0.05) is 19.4 Å². The number of amides is 1. The first kappa shape index (κ1) is 15.6. The van der Waals surface area contributed by atoms with E-state index in [1.165, 1.54) is 18.2 Å². The molecule has 0 spiro atoms. The van der Waals surface area contributed by atoms with Crippen molar-refractivity contribution in [2.75, 3.05) is 12.4 Å². The van der Waals surface area contributed by atoms with Gasteiger partial charge in [-0.2, -0.15) is 0 Å². The molecule has 5 heteroatoms. The summed E-state index contributed by atoms with van der Waals surface area (Å²) in [5.41, 5.74) is -0.0800. The van der Waals surface area contributed by atoms with Crippen LogP contribution in [0, 0.1) is 5.92 Å². The monoisotopic (exact) mass is 285 g/mol. The second-order valence-corrected chi connectivity index (χ2v) is 4.89. The Labute approximate surface area is 118 Å². The summed E-state index contributed by atoms with van der Waals surface area (Å²) in [4.78, 5) is 11.9. The lowest BCUT2D eigenvalue weighted by Crippen LogP contribution is -2.29. The molecule has 19 heavy (non-hydrogen) atoms. The number of benzene rings is 1. The molecule has 0 heterocycles. The van der Waals surface area contributed by atoms with Crippen LogP contribution in [-0.2, 0) is 0 Å². The Morgan fingerprint density at radius 2 is 1.95 bits per heavy atom. The summed E-state index contributed by atoms with van der Waals surface area (Å²) in [6.07, 6.45) is 2.85. The Balaban J connectivity index is 2.64. The lowest BCUT2D eigenvalue weighted by molar-refractivity contribution is 0.0940. The zero-order valence-electron chi connectivity index (χ0n) is 11.0. The van der Waals surface area contributed by atoms with Crippen molar-refractivity contribution >= 4 is 17.5 Å². The molecule has 1 rings (SSSR count). The van der Waals surface area contributed by atoms with E-state index in [1.54, 1.807) is 0 Å². The van der Waals surface area contributed by atoms with Crippen LogP contribution in [0.15, 0.2) is 18.2 Å². The molecule has 0 aliphatic rings. The molecular formula is C14H20ClNO3. The van der Waals surface area contributed by atoms with Gasteiger partial charge >= 0.3 is 0 Å². The van der Waals surface area contributed by atoms with Gasteiger partial charge in [0.1, 0.15) is 17.1 Å². The zero-order valence-corrected chi connectivity index (χ0v) is 11.8. The standard InChI is InChI=1S/C14H20ClNO3/c1-2-4-10(7-8-15)9-16-14(19)13-11(17)5-3-6-12(13)18/h3,5-6,10,17-18H,2,4,7-9H2,1H3,(H,16,19). The van der Waals surface area contributed by atoms with E-state index in [2.05, 4.69) is 12.2 Å². The second-order valence-electron chi connectivity index (χ2n) is 4.51. The zero-order chi connectivity index (χ0) is 14.3. The van der Waals surface area contributed by atoms with Crippen molar-refractivity contribution in [1.29, 1.82) is 0 Å². The Morgan fingerprint density at radius 1 is 1.32 bits per heavy atom. The van der Waals surface area contributed by atoms with Gasteiger partial charge in [0.15, 0.2) is 0 Å². The predicted octanol–water partition coefficient (Wildman–Crippen LogP) is 2.87. The average molecular weight is 286 g/mol. The van der Waals surface area contributed by atoms with Gasteiger partial charge in [-0.05, 0) is 30.9 Å². The number of alkyl halides is 1. The highest BCUT2D eigenvalue weighted by molar-refractivity contribution is 6.17. The molecule has 0 saturated heterocycles. The highest BCUT2D eigenvalue weighted by atomic mass is 35.5. The third-order valence-corrected chi connectivity index (χ3v) is 3.23. The predicted molar refractivity (Wildman–Crippen MR) is 75.8 cm³/mol. The van der Waals surface area contributed by atoms with Gasteiger partial charge < -0.3 is 15.5 Å². The van der Waals surface area contributed by atoms with Gasteiger partial charge in [0.25, 0.3) is 5.91 Å². The van der Waals surface area contributed by atoms with E-state index >= 15 is 0 Å². The summed E-state index contributed by atoms with van der Waals surface area (Å²) in [5, 5.41) is 21.9. The molecule has 1 aromatic carbocycles.